The zero-order valence-electron chi connectivity index (χ0n) is 5.93. The highest BCUT2D eigenvalue weighted by atomic mass is 32.2. The average molecular weight is 174 g/mol. The number of carbonyl (C=O) groups is 1. The summed E-state index contributed by atoms with van der Waals surface area (Å²) in [6.07, 6.45) is 1.85. The van der Waals surface area contributed by atoms with Gasteiger partial charge in [-0.05, 0) is 5.41 Å². The molecule has 0 amide bonds. The third-order valence-corrected chi connectivity index (χ3v) is 2.15. The van der Waals surface area contributed by atoms with Crippen molar-refractivity contribution in [2.75, 3.05) is 12.4 Å². The third kappa shape index (κ3) is 2.44. The Bertz CT molecular complexity index is 183. The third-order valence-electron chi connectivity index (χ3n) is 1.36. The van der Waals surface area contributed by atoms with Crippen molar-refractivity contribution in [3.8, 4) is 0 Å². The van der Waals surface area contributed by atoms with E-state index >= 15 is 0 Å². The Kier molecular flexibility index (Phi) is 2.78. The van der Waals surface area contributed by atoms with Gasteiger partial charge in [0.15, 0.2) is 0 Å². The number of carboxylic acids is 1. The van der Waals surface area contributed by atoms with Gasteiger partial charge >= 0.3 is 5.97 Å². The minimum Gasteiger partial charge on any atom is -0.480 e. The van der Waals surface area contributed by atoms with E-state index in [4.69, 9.17) is 10.8 Å². The molecule has 1 rings (SSSR count). The molecule has 0 bridgehead atoms. The van der Waals surface area contributed by atoms with E-state index < -0.39 is 12.0 Å². The van der Waals surface area contributed by atoms with Crippen LogP contribution in [0.4, 0.5) is 0 Å². The van der Waals surface area contributed by atoms with Crippen LogP contribution in [0.3, 0.4) is 0 Å². The van der Waals surface area contributed by atoms with Gasteiger partial charge in [0.05, 0.1) is 5.88 Å². The summed E-state index contributed by atoms with van der Waals surface area (Å²) in [6, 6.07) is -0.779. The molecule has 0 spiro atoms. The molecule has 0 fully saturated rings. The van der Waals surface area contributed by atoms with E-state index in [1.165, 1.54) is 0 Å². The second-order valence-electron chi connectivity index (χ2n) is 2.30. The smallest absolute Gasteiger partial charge is 0.322 e. The number of rotatable bonds is 3. The molecule has 0 unspecified atom stereocenters. The van der Waals surface area contributed by atoms with Crippen LogP contribution in [-0.4, -0.2) is 34.4 Å². The average Bonchev–Trinajstić information content (AvgIpc) is 2.39. The zero-order valence-corrected chi connectivity index (χ0v) is 6.75. The lowest BCUT2D eigenvalue weighted by Gasteiger charge is -2.16. The number of nitrogens with zero attached hydrogens (tertiary/aromatic N) is 1. The highest BCUT2D eigenvalue weighted by Crippen LogP contribution is 2.14. The molecule has 11 heavy (non-hydrogen) atoms. The molecule has 1 atom stereocenters. The van der Waals surface area contributed by atoms with Crippen LogP contribution in [0.2, 0.25) is 0 Å². The number of aliphatic carboxylic acids is 1. The van der Waals surface area contributed by atoms with Gasteiger partial charge < -0.3 is 15.7 Å². The molecular formula is C6H10N2O2S. The van der Waals surface area contributed by atoms with Crippen molar-refractivity contribution in [3.05, 3.63) is 11.6 Å². The predicted molar refractivity (Wildman–Crippen MR) is 43.9 cm³/mol. The fourth-order valence-corrected chi connectivity index (χ4v) is 1.48. The quantitative estimate of drug-likeness (QED) is 0.624. The Morgan fingerprint density at radius 1 is 1.91 bits per heavy atom. The van der Waals surface area contributed by atoms with Gasteiger partial charge in [-0.3, -0.25) is 4.79 Å². The van der Waals surface area contributed by atoms with Gasteiger partial charge in [-0.2, -0.15) is 0 Å². The van der Waals surface area contributed by atoms with E-state index in [1.807, 2.05) is 16.5 Å². The number of hydrogen-bond donors (Lipinski definition) is 2. The molecule has 62 valence electrons. The fraction of sp³-hybridized carbons (Fsp3) is 0.500. The normalized spacial score (nSPS) is 18.8. The first-order chi connectivity index (χ1) is 5.20. The molecule has 0 saturated carbocycles. The second-order valence-corrected chi connectivity index (χ2v) is 3.16. The maximum Gasteiger partial charge on any atom is 0.322 e. The van der Waals surface area contributed by atoms with Crippen molar-refractivity contribution in [2.24, 2.45) is 5.73 Å². The molecule has 4 nitrogen and oxygen atoms in total. The number of nitrogens with two attached hydrogens (primary N) is 1. The molecule has 0 aromatic rings. The maximum atomic E-state index is 10.3. The van der Waals surface area contributed by atoms with Gasteiger partial charge in [-0.1, -0.05) is 0 Å². The number of hydrogen-bond acceptors (Lipinski definition) is 4. The monoisotopic (exact) mass is 174 g/mol. The molecule has 3 N–H and O–H groups in total. The minimum atomic E-state index is -0.949. The Morgan fingerprint density at radius 3 is 3.09 bits per heavy atom. The lowest BCUT2D eigenvalue weighted by molar-refractivity contribution is -0.138. The standard InChI is InChI=1S/C6H10N2O2S/c7-5(6(9)10)3-8-1-2-11-4-8/h1-2,5H,3-4,7H2,(H,9,10)/t5-/m0/s1. The highest BCUT2D eigenvalue weighted by Gasteiger charge is 2.15. The Morgan fingerprint density at radius 2 is 2.64 bits per heavy atom. The molecule has 0 aliphatic carbocycles. The topological polar surface area (TPSA) is 66.6 Å². The molecule has 1 aliphatic heterocycles. The van der Waals surface area contributed by atoms with E-state index in [9.17, 15) is 4.79 Å². The molecule has 0 aromatic heterocycles. The second kappa shape index (κ2) is 3.64. The Balaban J connectivity index is 2.29. The van der Waals surface area contributed by atoms with Crippen LogP contribution in [0.15, 0.2) is 11.6 Å². The van der Waals surface area contributed by atoms with Crippen molar-refractivity contribution in [1.29, 1.82) is 0 Å². The highest BCUT2D eigenvalue weighted by molar-refractivity contribution is 8.02. The molecule has 1 heterocycles. The van der Waals surface area contributed by atoms with E-state index in [1.54, 1.807) is 11.8 Å². The van der Waals surface area contributed by atoms with Gasteiger partial charge in [0, 0.05) is 12.7 Å². The van der Waals surface area contributed by atoms with Gasteiger partial charge in [0.2, 0.25) is 0 Å². The summed E-state index contributed by atoms with van der Waals surface area (Å²) in [5.74, 6) is -0.142. The summed E-state index contributed by atoms with van der Waals surface area (Å²) in [5, 5.41) is 10.4. The Labute approximate surface area is 69.0 Å². The van der Waals surface area contributed by atoms with Crippen molar-refractivity contribution >= 4 is 17.7 Å². The maximum absolute atomic E-state index is 10.3. The van der Waals surface area contributed by atoms with Crippen LogP contribution in [0.1, 0.15) is 0 Å². The number of carboxylic acid groups (broad SMARTS) is 1. The Hall–Kier alpha value is -0.680. The summed E-state index contributed by atoms with van der Waals surface area (Å²) >= 11 is 1.63. The molecule has 0 aromatic carbocycles. The van der Waals surface area contributed by atoms with Crippen LogP contribution < -0.4 is 5.73 Å². The summed E-state index contributed by atoms with van der Waals surface area (Å²) in [6.45, 7) is 0.388. The SMILES string of the molecule is N[C@@H](CN1C=CSC1)C(=O)O. The van der Waals surface area contributed by atoms with E-state index in [0.717, 1.165) is 5.88 Å². The van der Waals surface area contributed by atoms with Crippen LogP contribution in [0, 0.1) is 0 Å². The lowest BCUT2D eigenvalue weighted by atomic mass is 10.3. The first-order valence-electron chi connectivity index (χ1n) is 3.21. The lowest BCUT2D eigenvalue weighted by Crippen LogP contribution is -2.39. The molecule has 0 saturated heterocycles. The summed E-state index contributed by atoms with van der Waals surface area (Å²) in [5.41, 5.74) is 5.31. The largest absolute Gasteiger partial charge is 0.480 e. The van der Waals surface area contributed by atoms with Crippen LogP contribution >= 0.6 is 11.8 Å². The first-order valence-corrected chi connectivity index (χ1v) is 4.26. The van der Waals surface area contributed by atoms with Crippen LogP contribution in [0.25, 0.3) is 0 Å². The summed E-state index contributed by atoms with van der Waals surface area (Å²) in [7, 11) is 0. The number of thioether (sulfide) groups is 1. The van der Waals surface area contributed by atoms with Gasteiger partial charge in [-0.25, -0.2) is 0 Å². The first kappa shape index (κ1) is 8.42. The van der Waals surface area contributed by atoms with Crippen LogP contribution in [-0.2, 0) is 4.79 Å². The molecule has 1 aliphatic rings. The van der Waals surface area contributed by atoms with Crippen molar-refractivity contribution in [2.45, 2.75) is 6.04 Å². The summed E-state index contributed by atoms with van der Waals surface area (Å²) < 4.78 is 0. The van der Waals surface area contributed by atoms with E-state index in [2.05, 4.69) is 0 Å². The zero-order chi connectivity index (χ0) is 8.27. The van der Waals surface area contributed by atoms with E-state index in [-0.39, 0.29) is 0 Å². The summed E-state index contributed by atoms with van der Waals surface area (Å²) in [4.78, 5) is 12.2. The van der Waals surface area contributed by atoms with Gasteiger partial charge in [0.1, 0.15) is 6.04 Å². The van der Waals surface area contributed by atoms with E-state index in [0.29, 0.717) is 6.54 Å². The minimum absolute atomic E-state index is 0.388. The fourth-order valence-electron chi connectivity index (χ4n) is 0.755. The van der Waals surface area contributed by atoms with Crippen molar-refractivity contribution in [1.82, 2.24) is 4.90 Å². The van der Waals surface area contributed by atoms with Crippen molar-refractivity contribution < 1.29 is 9.90 Å². The predicted octanol–water partition coefficient (Wildman–Crippen LogP) is -0.124. The van der Waals surface area contributed by atoms with Crippen molar-refractivity contribution in [3.63, 3.8) is 0 Å². The van der Waals surface area contributed by atoms with Gasteiger partial charge in [-0.15, -0.1) is 11.8 Å². The molecule has 0 radical (unpaired) electrons. The molecule has 5 heteroatoms. The van der Waals surface area contributed by atoms with Crippen LogP contribution in [0.5, 0.6) is 0 Å². The molecular weight excluding hydrogens is 164 g/mol. The van der Waals surface area contributed by atoms with Gasteiger partial charge in [0.25, 0.3) is 0 Å².